The van der Waals surface area contributed by atoms with Crippen molar-refractivity contribution in [2.45, 2.75) is 13.3 Å². The predicted octanol–water partition coefficient (Wildman–Crippen LogP) is 4.40. The zero-order valence-electron chi connectivity index (χ0n) is 12.1. The highest BCUT2D eigenvalue weighted by atomic mass is 127. The second-order valence-corrected chi connectivity index (χ2v) is 5.82. The SMILES string of the molecule is CCc1ccccc1NC(=O)C(C#N)=Cc1ccccc1I. The fraction of sp³-hybridized carbons (Fsp3) is 0.111. The first-order valence-corrected chi connectivity index (χ1v) is 7.99. The summed E-state index contributed by atoms with van der Waals surface area (Å²) in [6.45, 7) is 2.03. The van der Waals surface area contributed by atoms with Gasteiger partial charge in [0, 0.05) is 9.26 Å². The number of anilines is 1. The number of para-hydroxylation sites is 1. The van der Waals surface area contributed by atoms with Gasteiger partial charge >= 0.3 is 0 Å². The van der Waals surface area contributed by atoms with Crippen LogP contribution in [0.1, 0.15) is 18.1 Å². The minimum absolute atomic E-state index is 0.0926. The highest BCUT2D eigenvalue weighted by Gasteiger charge is 2.11. The van der Waals surface area contributed by atoms with Crippen LogP contribution in [0.2, 0.25) is 0 Å². The first-order chi connectivity index (χ1) is 10.7. The van der Waals surface area contributed by atoms with E-state index >= 15 is 0 Å². The lowest BCUT2D eigenvalue weighted by atomic mass is 10.1. The molecule has 0 aliphatic rings. The Labute approximate surface area is 143 Å². The van der Waals surface area contributed by atoms with Crippen LogP contribution in [0, 0.1) is 14.9 Å². The van der Waals surface area contributed by atoms with Gasteiger partial charge in [-0.2, -0.15) is 5.26 Å². The Hall–Kier alpha value is -2.13. The van der Waals surface area contributed by atoms with Gasteiger partial charge in [-0.3, -0.25) is 4.79 Å². The summed E-state index contributed by atoms with van der Waals surface area (Å²) < 4.78 is 0.995. The lowest BCUT2D eigenvalue weighted by molar-refractivity contribution is -0.112. The minimum atomic E-state index is -0.386. The van der Waals surface area contributed by atoms with Crippen molar-refractivity contribution >= 4 is 40.3 Å². The summed E-state index contributed by atoms with van der Waals surface area (Å²) in [6.07, 6.45) is 2.43. The van der Waals surface area contributed by atoms with Crippen LogP contribution < -0.4 is 5.32 Å². The van der Waals surface area contributed by atoms with Crippen molar-refractivity contribution in [1.29, 1.82) is 5.26 Å². The van der Waals surface area contributed by atoms with Gasteiger partial charge in [0.1, 0.15) is 11.6 Å². The van der Waals surface area contributed by atoms with Crippen molar-refractivity contribution in [2.24, 2.45) is 0 Å². The summed E-state index contributed by atoms with van der Waals surface area (Å²) >= 11 is 2.18. The van der Waals surface area contributed by atoms with Crippen LogP contribution in [0.25, 0.3) is 6.08 Å². The van der Waals surface area contributed by atoms with Crippen LogP contribution in [-0.2, 0) is 11.2 Å². The number of nitriles is 1. The van der Waals surface area contributed by atoms with Gasteiger partial charge in [-0.1, -0.05) is 43.3 Å². The molecule has 0 saturated heterocycles. The quantitative estimate of drug-likeness (QED) is 0.468. The van der Waals surface area contributed by atoms with Crippen LogP contribution in [0.3, 0.4) is 0 Å². The van der Waals surface area contributed by atoms with E-state index in [1.54, 1.807) is 6.08 Å². The van der Waals surface area contributed by atoms with Crippen LogP contribution >= 0.6 is 22.6 Å². The highest BCUT2D eigenvalue weighted by molar-refractivity contribution is 14.1. The van der Waals surface area contributed by atoms with Gasteiger partial charge in [-0.15, -0.1) is 0 Å². The number of hydrogen-bond acceptors (Lipinski definition) is 2. The van der Waals surface area contributed by atoms with E-state index in [0.717, 1.165) is 26.8 Å². The number of benzene rings is 2. The van der Waals surface area contributed by atoms with E-state index in [-0.39, 0.29) is 11.5 Å². The van der Waals surface area contributed by atoms with Crippen molar-refractivity contribution in [2.75, 3.05) is 5.32 Å². The van der Waals surface area contributed by atoms with E-state index in [0.29, 0.717) is 0 Å². The average Bonchev–Trinajstić information content (AvgIpc) is 2.54. The molecular weight excluding hydrogens is 387 g/mol. The Bertz CT molecular complexity index is 760. The van der Waals surface area contributed by atoms with Gasteiger partial charge in [0.25, 0.3) is 5.91 Å². The zero-order chi connectivity index (χ0) is 15.9. The normalized spacial score (nSPS) is 10.9. The first kappa shape index (κ1) is 16.2. The van der Waals surface area contributed by atoms with Gasteiger partial charge < -0.3 is 5.32 Å². The smallest absolute Gasteiger partial charge is 0.266 e. The fourth-order valence-corrected chi connectivity index (χ4v) is 2.58. The molecule has 2 rings (SSSR count). The number of nitrogens with zero attached hydrogens (tertiary/aromatic N) is 1. The second-order valence-electron chi connectivity index (χ2n) is 4.66. The summed E-state index contributed by atoms with van der Waals surface area (Å²) in [5, 5.41) is 12.1. The molecule has 0 atom stereocenters. The molecule has 0 radical (unpaired) electrons. The molecule has 1 N–H and O–H groups in total. The molecule has 0 heterocycles. The van der Waals surface area contributed by atoms with Crippen LogP contribution in [0.4, 0.5) is 5.69 Å². The molecule has 4 heteroatoms. The highest BCUT2D eigenvalue weighted by Crippen LogP contribution is 2.18. The number of rotatable bonds is 4. The molecule has 22 heavy (non-hydrogen) atoms. The minimum Gasteiger partial charge on any atom is -0.321 e. The molecule has 2 aromatic rings. The van der Waals surface area contributed by atoms with Crippen LogP contribution in [0.15, 0.2) is 54.1 Å². The number of nitrogens with one attached hydrogen (secondary N) is 1. The third-order valence-corrected chi connectivity index (χ3v) is 4.20. The molecule has 0 aliphatic heterocycles. The Kier molecular flexibility index (Phi) is 5.73. The summed E-state index contributed by atoms with van der Waals surface area (Å²) in [5.41, 5.74) is 2.75. The van der Waals surface area contributed by atoms with E-state index in [1.807, 2.05) is 61.5 Å². The number of amides is 1. The number of carbonyl (C=O) groups is 1. The summed E-state index contributed by atoms with van der Waals surface area (Å²) in [5.74, 6) is -0.386. The first-order valence-electron chi connectivity index (χ1n) is 6.91. The van der Waals surface area contributed by atoms with Gasteiger partial charge in [0.05, 0.1) is 0 Å². The molecule has 0 fully saturated rings. The monoisotopic (exact) mass is 402 g/mol. The third-order valence-electron chi connectivity index (χ3n) is 3.22. The second kappa shape index (κ2) is 7.76. The molecule has 0 aromatic heterocycles. The predicted molar refractivity (Wildman–Crippen MR) is 97.2 cm³/mol. The molecule has 3 nitrogen and oxygen atoms in total. The number of hydrogen-bond donors (Lipinski definition) is 1. The van der Waals surface area contributed by atoms with Gasteiger partial charge in [0.15, 0.2) is 0 Å². The summed E-state index contributed by atoms with van der Waals surface area (Å²) in [7, 11) is 0. The van der Waals surface area contributed by atoms with Crippen molar-refractivity contribution in [3.8, 4) is 6.07 Å². The van der Waals surface area contributed by atoms with Crippen molar-refractivity contribution in [3.05, 3.63) is 68.8 Å². The van der Waals surface area contributed by atoms with E-state index in [2.05, 4.69) is 27.9 Å². The standard InChI is InChI=1S/C18H15IN2O/c1-2-13-7-4-6-10-17(13)21-18(22)15(12-20)11-14-8-3-5-9-16(14)19/h3-11H,2H2,1H3,(H,21,22). The maximum absolute atomic E-state index is 12.3. The Morgan fingerprint density at radius 1 is 1.23 bits per heavy atom. The van der Waals surface area contributed by atoms with Crippen LogP contribution in [-0.4, -0.2) is 5.91 Å². The Morgan fingerprint density at radius 2 is 1.91 bits per heavy atom. The Balaban J connectivity index is 2.27. The lowest BCUT2D eigenvalue weighted by Crippen LogP contribution is -2.14. The number of carbonyl (C=O) groups excluding carboxylic acids is 1. The summed E-state index contributed by atoms with van der Waals surface area (Å²) in [4.78, 5) is 12.3. The van der Waals surface area contributed by atoms with Crippen molar-refractivity contribution < 1.29 is 4.79 Å². The molecule has 0 saturated carbocycles. The fourth-order valence-electron chi connectivity index (χ4n) is 2.04. The molecule has 2 aromatic carbocycles. The largest absolute Gasteiger partial charge is 0.321 e. The van der Waals surface area contributed by atoms with E-state index in [9.17, 15) is 10.1 Å². The van der Waals surface area contributed by atoms with E-state index in [1.165, 1.54) is 0 Å². The van der Waals surface area contributed by atoms with Gasteiger partial charge in [-0.05, 0) is 58.3 Å². The van der Waals surface area contributed by atoms with E-state index < -0.39 is 0 Å². The molecule has 0 aliphatic carbocycles. The molecular formula is C18H15IN2O. The average molecular weight is 402 g/mol. The maximum atomic E-state index is 12.3. The molecule has 110 valence electrons. The third kappa shape index (κ3) is 3.95. The Morgan fingerprint density at radius 3 is 2.59 bits per heavy atom. The van der Waals surface area contributed by atoms with Crippen LogP contribution in [0.5, 0.6) is 0 Å². The van der Waals surface area contributed by atoms with E-state index in [4.69, 9.17) is 0 Å². The zero-order valence-corrected chi connectivity index (χ0v) is 14.3. The maximum Gasteiger partial charge on any atom is 0.266 e. The van der Waals surface area contributed by atoms with Gasteiger partial charge in [0.2, 0.25) is 0 Å². The molecule has 0 spiro atoms. The number of halogens is 1. The van der Waals surface area contributed by atoms with Crippen molar-refractivity contribution in [1.82, 2.24) is 0 Å². The topological polar surface area (TPSA) is 52.9 Å². The molecule has 1 amide bonds. The number of aryl methyl sites for hydroxylation is 1. The lowest BCUT2D eigenvalue weighted by Gasteiger charge is -2.09. The molecule has 0 bridgehead atoms. The van der Waals surface area contributed by atoms with Gasteiger partial charge in [-0.25, -0.2) is 0 Å². The summed E-state index contributed by atoms with van der Waals surface area (Å²) in [6, 6.07) is 17.2. The van der Waals surface area contributed by atoms with Crippen molar-refractivity contribution in [3.63, 3.8) is 0 Å². The molecule has 0 unspecified atom stereocenters.